The van der Waals surface area contributed by atoms with E-state index in [2.05, 4.69) is 15.3 Å². The predicted octanol–water partition coefficient (Wildman–Crippen LogP) is 2.13. The molecule has 1 atom stereocenters. The minimum atomic E-state index is -0.0970. The van der Waals surface area contributed by atoms with Crippen LogP contribution >= 0.6 is 23.1 Å². The van der Waals surface area contributed by atoms with Crippen molar-refractivity contribution in [3.8, 4) is 0 Å². The fourth-order valence-corrected chi connectivity index (χ4v) is 4.46. The summed E-state index contributed by atoms with van der Waals surface area (Å²) in [6, 6.07) is 0. The standard InChI is InChI=1S/C16H21N3O3S2/c1-9-10(2)24-16-14(9)15(21)18-12(19-16)7-23-8-13(20)17-6-11-4-3-5-22-11/h11H,3-8H2,1-2H3,(H,17,20)(H,18,19,21)/t11-/m1/s1. The molecule has 0 saturated carbocycles. The van der Waals surface area contributed by atoms with Crippen LogP contribution in [0.15, 0.2) is 4.79 Å². The van der Waals surface area contributed by atoms with Crippen LogP contribution in [0.5, 0.6) is 0 Å². The highest BCUT2D eigenvalue weighted by molar-refractivity contribution is 7.99. The minimum absolute atomic E-state index is 0.0123. The van der Waals surface area contributed by atoms with Crippen molar-refractivity contribution in [3.05, 3.63) is 26.6 Å². The topological polar surface area (TPSA) is 84.1 Å². The fourth-order valence-electron chi connectivity index (χ4n) is 2.69. The zero-order valence-electron chi connectivity index (χ0n) is 13.8. The van der Waals surface area contributed by atoms with Gasteiger partial charge < -0.3 is 15.0 Å². The molecule has 1 fully saturated rings. The maximum Gasteiger partial charge on any atom is 0.259 e. The molecule has 0 unspecified atom stereocenters. The first-order valence-corrected chi connectivity index (χ1v) is 9.96. The molecule has 3 heterocycles. The molecule has 0 radical (unpaired) electrons. The van der Waals surface area contributed by atoms with Crippen LogP contribution in [0, 0.1) is 13.8 Å². The van der Waals surface area contributed by atoms with Gasteiger partial charge in [-0.2, -0.15) is 0 Å². The molecule has 24 heavy (non-hydrogen) atoms. The summed E-state index contributed by atoms with van der Waals surface area (Å²) in [5, 5.41) is 3.57. The first-order valence-electron chi connectivity index (χ1n) is 7.99. The predicted molar refractivity (Wildman–Crippen MR) is 97.9 cm³/mol. The number of aryl methyl sites for hydroxylation is 2. The van der Waals surface area contributed by atoms with Crippen LogP contribution in [0.25, 0.3) is 10.2 Å². The molecule has 2 N–H and O–H groups in total. The summed E-state index contributed by atoms with van der Waals surface area (Å²) in [6.45, 7) is 5.30. The summed E-state index contributed by atoms with van der Waals surface area (Å²) in [5.41, 5.74) is 0.900. The van der Waals surface area contributed by atoms with Gasteiger partial charge in [-0.15, -0.1) is 23.1 Å². The third kappa shape index (κ3) is 3.99. The number of aromatic amines is 1. The van der Waals surface area contributed by atoms with E-state index in [9.17, 15) is 9.59 Å². The zero-order chi connectivity index (χ0) is 17.1. The number of hydrogen-bond acceptors (Lipinski definition) is 6. The maximum atomic E-state index is 12.2. The van der Waals surface area contributed by atoms with E-state index < -0.39 is 0 Å². The second kappa shape index (κ2) is 7.67. The molecular formula is C16H21N3O3S2. The molecule has 0 spiro atoms. The van der Waals surface area contributed by atoms with Crippen LogP contribution in [-0.4, -0.2) is 40.9 Å². The van der Waals surface area contributed by atoms with Crippen molar-refractivity contribution in [2.24, 2.45) is 0 Å². The highest BCUT2D eigenvalue weighted by Gasteiger charge is 2.16. The summed E-state index contributed by atoms with van der Waals surface area (Å²) in [5.74, 6) is 1.46. The van der Waals surface area contributed by atoms with Gasteiger partial charge in [0.05, 0.1) is 23.0 Å². The zero-order valence-corrected chi connectivity index (χ0v) is 15.4. The van der Waals surface area contributed by atoms with Crippen LogP contribution in [0.3, 0.4) is 0 Å². The second-order valence-corrected chi connectivity index (χ2v) is 8.10. The molecule has 6 nitrogen and oxygen atoms in total. The molecule has 1 aliphatic heterocycles. The largest absolute Gasteiger partial charge is 0.376 e. The SMILES string of the molecule is Cc1sc2nc(CSCC(=O)NC[C@H]3CCCO3)[nH]c(=O)c2c1C. The van der Waals surface area contributed by atoms with Crippen LogP contribution in [0.1, 0.15) is 29.1 Å². The van der Waals surface area contributed by atoms with Gasteiger partial charge in [-0.1, -0.05) is 0 Å². The Morgan fingerprint density at radius 3 is 3.08 bits per heavy atom. The van der Waals surface area contributed by atoms with Crippen molar-refractivity contribution >= 4 is 39.2 Å². The van der Waals surface area contributed by atoms with Crippen molar-refractivity contribution in [2.45, 2.75) is 38.5 Å². The van der Waals surface area contributed by atoms with Gasteiger partial charge in [0.25, 0.3) is 5.56 Å². The van der Waals surface area contributed by atoms with E-state index in [1.807, 2.05) is 13.8 Å². The van der Waals surface area contributed by atoms with Crippen molar-refractivity contribution in [3.63, 3.8) is 0 Å². The lowest BCUT2D eigenvalue weighted by Crippen LogP contribution is -2.32. The molecule has 1 amide bonds. The molecule has 1 saturated heterocycles. The van der Waals surface area contributed by atoms with Gasteiger partial charge in [0.2, 0.25) is 5.91 Å². The number of nitrogens with one attached hydrogen (secondary N) is 2. The van der Waals surface area contributed by atoms with Crippen LogP contribution < -0.4 is 10.9 Å². The molecule has 2 aromatic heterocycles. The van der Waals surface area contributed by atoms with Gasteiger partial charge in [-0.25, -0.2) is 4.98 Å². The maximum absolute atomic E-state index is 12.2. The number of thioether (sulfide) groups is 1. The average molecular weight is 367 g/mol. The third-order valence-electron chi connectivity index (χ3n) is 4.11. The number of rotatable bonds is 6. The Hall–Kier alpha value is -1.38. The molecule has 8 heteroatoms. The van der Waals surface area contributed by atoms with Gasteiger partial charge in [0.15, 0.2) is 0 Å². The number of carbonyl (C=O) groups excluding carboxylic acids is 1. The minimum Gasteiger partial charge on any atom is -0.376 e. The summed E-state index contributed by atoms with van der Waals surface area (Å²) < 4.78 is 5.47. The molecule has 0 aromatic carbocycles. The summed E-state index contributed by atoms with van der Waals surface area (Å²) in [4.78, 5) is 33.2. The molecule has 1 aliphatic rings. The Balaban J connectivity index is 1.52. The number of nitrogens with zero attached hydrogens (tertiary/aromatic N) is 1. The Labute approximate surface area is 148 Å². The molecule has 0 aliphatic carbocycles. The Morgan fingerprint density at radius 2 is 2.33 bits per heavy atom. The third-order valence-corrected chi connectivity index (χ3v) is 6.16. The second-order valence-electron chi connectivity index (χ2n) is 5.91. The van der Waals surface area contributed by atoms with E-state index in [0.717, 1.165) is 34.7 Å². The van der Waals surface area contributed by atoms with E-state index in [4.69, 9.17) is 4.74 Å². The summed E-state index contributed by atoms with van der Waals surface area (Å²) in [6.07, 6.45) is 2.24. The van der Waals surface area contributed by atoms with Gasteiger partial charge in [0, 0.05) is 18.0 Å². The van der Waals surface area contributed by atoms with Crippen molar-refractivity contribution in [2.75, 3.05) is 18.9 Å². The monoisotopic (exact) mass is 367 g/mol. The lowest BCUT2D eigenvalue weighted by molar-refractivity contribution is -0.119. The summed E-state index contributed by atoms with van der Waals surface area (Å²) in [7, 11) is 0. The van der Waals surface area contributed by atoms with Crippen LogP contribution in [0.2, 0.25) is 0 Å². The fraction of sp³-hybridized carbons (Fsp3) is 0.562. The van der Waals surface area contributed by atoms with Gasteiger partial charge in [-0.05, 0) is 32.3 Å². The van der Waals surface area contributed by atoms with E-state index in [1.165, 1.54) is 23.1 Å². The number of ether oxygens (including phenoxy) is 1. The highest BCUT2D eigenvalue weighted by atomic mass is 32.2. The molecule has 3 rings (SSSR count). The van der Waals surface area contributed by atoms with Crippen molar-refractivity contribution < 1.29 is 9.53 Å². The van der Waals surface area contributed by atoms with E-state index in [1.54, 1.807) is 0 Å². The van der Waals surface area contributed by atoms with Crippen LogP contribution in [-0.2, 0) is 15.3 Å². The van der Waals surface area contributed by atoms with Crippen LogP contribution in [0.4, 0.5) is 0 Å². The molecule has 2 aromatic rings. The van der Waals surface area contributed by atoms with E-state index >= 15 is 0 Å². The number of hydrogen-bond donors (Lipinski definition) is 2. The number of H-pyrrole nitrogens is 1. The lowest BCUT2D eigenvalue weighted by Gasteiger charge is -2.10. The van der Waals surface area contributed by atoms with Gasteiger partial charge in [0.1, 0.15) is 10.7 Å². The number of fused-ring (bicyclic) bond motifs is 1. The Bertz CT molecular complexity index is 794. The Kier molecular flexibility index (Phi) is 5.57. The lowest BCUT2D eigenvalue weighted by atomic mass is 10.2. The number of aromatic nitrogens is 2. The van der Waals surface area contributed by atoms with E-state index in [-0.39, 0.29) is 17.6 Å². The molecule has 130 valence electrons. The first-order chi connectivity index (χ1) is 11.5. The average Bonchev–Trinajstić information content (AvgIpc) is 3.14. The number of amides is 1. The molecule has 0 bridgehead atoms. The first kappa shape index (κ1) is 17.4. The Morgan fingerprint density at radius 1 is 1.50 bits per heavy atom. The number of thiophene rings is 1. The van der Waals surface area contributed by atoms with Crippen molar-refractivity contribution in [1.82, 2.24) is 15.3 Å². The quantitative estimate of drug-likeness (QED) is 0.817. The van der Waals surface area contributed by atoms with Gasteiger partial charge in [-0.3, -0.25) is 9.59 Å². The van der Waals surface area contributed by atoms with E-state index in [0.29, 0.717) is 29.3 Å². The van der Waals surface area contributed by atoms with Crippen molar-refractivity contribution in [1.29, 1.82) is 0 Å². The van der Waals surface area contributed by atoms with Gasteiger partial charge >= 0.3 is 0 Å². The molecular weight excluding hydrogens is 346 g/mol. The smallest absolute Gasteiger partial charge is 0.259 e. The summed E-state index contributed by atoms with van der Waals surface area (Å²) >= 11 is 2.98. The number of carbonyl (C=O) groups is 1. The normalized spacial score (nSPS) is 17.5. The highest BCUT2D eigenvalue weighted by Crippen LogP contribution is 2.26.